The van der Waals surface area contributed by atoms with Gasteiger partial charge in [-0.15, -0.1) is 13.2 Å². The van der Waals surface area contributed by atoms with E-state index in [1.807, 2.05) is 35.0 Å². The summed E-state index contributed by atoms with van der Waals surface area (Å²) in [4.78, 5) is 96.4. The Hall–Kier alpha value is -11.5. The molecule has 16 rings (SSSR count). The molecule has 0 saturated carbocycles. The monoisotopic (exact) mass is 1700 g/mol. The number of ether oxygens (including phenoxy) is 5. The van der Waals surface area contributed by atoms with E-state index >= 15 is 13.2 Å². The fourth-order valence-corrected chi connectivity index (χ4v) is 19.4. The number of aromatic nitrogens is 7. The van der Waals surface area contributed by atoms with Gasteiger partial charge >= 0.3 is 30.6 Å². The quantitative estimate of drug-likeness (QED) is 0.0411. The van der Waals surface area contributed by atoms with Gasteiger partial charge in [0.05, 0.1) is 105 Å². The average molecular weight is 1700 g/mol. The van der Waals surface area contributed by atoms with Crippen molar-refractivity contribution in [2.24, 2.45) is 0 Å². The summed E-state index contributed by atoms with van der Waals surface area (Å²) in [6, 6.07) is 18.4. The molecule has 6 atom stereocenters. The van der Waals surface area contributed by atoms with Crippen LogP contribution in [0.5, 0.6) is 23.8 Å². The Balaban J connectivity index is 0.666. The molecule has 123 heavy (non-hydrogen) atoms. The van der Waals surface area contributed by atoms with Gasteiger partial charge in [-0.1, -0.05) is 37.9 Å². The van der Waals surface area contributed by atoms with Crippen molar-refractivity contribution in [1.29, 1.82) is 10.5 Å². The number of nitriles is 2. The Labute approximate surface area is 710 Å². The normalized spacial score (nSPS) is 21.4. The maximum atomic E-state index is 15.9. The van der Waals surface area contributed by atoms with Crippen LogP contribution in [0.15, 0.2) is 98.8 Å². The molecule has 1 N–H and O–H groups in total. The molecule has 9 aliphatic heterocycles. The van der Waals surface area contributed by atoms with Gasteiger partial charge in [-0.3, -0.25) is 24.2 Å². The molecule has 13 heterocycles. The van der Waals surface area contributed by atoms with Crippen molar-refractivity contribution in [3.63, 3.8) is 0 Å². The number of alkyl halides is 6. The minimum Gasteiger partial charge on any atom is -0.463 e. The lowest BCUT2D eigenvalue weighted by molar-refractivity contribution is -0.274. The third kappa shape index (κ3) is 18.4. The summed E-state index contributed by atoms with van der Waals surface area (Å²) in [5.74, 6) is 0.420. The topological polar surface area (TPSA) is 277 Å². The van der Waals surface area contributed by atoms with Crippen LogP contribution in [0.25, 0.3) is 10.9 Å². The number of likely N-dealkylation sites (N-methyl/N-ethyl adjacent to an activating group) is 2. The number of likely N-dealkylation sites (tertiary alicyclic amines) is 2. The Morgan fingerprint density at radius 2 is 1.15 bits per heavy atom. The van der Waals surface area contributed by atoms with Gasteiger partial charge in [0, 0.05) is 174 Å². The molecule has 3 amide bonds. The number of halogens is 6. The number of hydrogen-bond acceptors (Lipinski definition) is 25. The number of piperazine rings is 3. The molecule has 7 aromatic rings. The minimum absolute atomic E-state index is 0.000761. The van der Waals surface area contributed by atoms with Gasteiger partial charge in [0.15, 0.2) is 5.75 Å². The lowest BCUT2D eigenvalue weighted by atomic mass is 9.95. The van der Waals surface area contributed by atoms with E-state index in [-0.39, 0.29) is 137 Å². The Bertz CT molecular complexity index is 5200. The van der Waals surface area contributed by atoms with Crippen molar-refractivity contribution in [2.45, 2.75) is 133 Å². The van der Waals surface area contributed by atoms with Crippen LogP contribution in [-0.2, 0) is 64.2 Å². The van der Waals surface area contributed by atoms with Crippen LogP contribution in [0, 0.1) is 29.6 Å². The zero-order valence-corrected chi connectivity index (χ0v) is 69.6. The third-order valence-corrected chi connectivity index (χ3v) is 25.8. The van der Waals surface area contributed by atoms with Gasteiger partial charge in [-0.2, -0.15) is 53.6 Å². The number of anilines is 6. The first-order valence-electron chi connectivity index (χ1n) is 42.4. The van der Waals surface area contributed by atoms with Crippen LogP contribution in [0.3, 0.4) is 0 Å². The van der Waals surface area contributed by atoms with E-state index in [4.69, 9.17) is 53.6 Å². The van der Waals surface area contributed by atoms with Gasteiger partial charge in [0.1, 0.15) is 30.7 Å². The first kappa shape index (κ1) is 85.0. The fourth-order valence-electron chi connectivity index (χ4n) is 19.4. The number of carbonyl (C=O) groups is 3. The van der Waals surface area contributed by atoms with E-state index in [1.54, 1.807) is 43.9 Å². The van der Waals surface area contributed by atoms with Gasteiger partial charge in [-0.05, 0) is 143 Å². The molecule has 650 valence electrons. The maximum absolute atomic E-state index is 15.9. The molecule has 0 spiro atoms. The number of nitrogens with zero attached hydrogens (tertiary/aromatic N) is 20. The molecule has 0 radical (unpaired) electrons. The summed E-state index contributed by atoms with van der Waals surface area (Å²) in [5.41, 5.74) is 8.23. The van der Waals surface area contributed by atoms with Crippen LogP contribution in [0.4, 0.5) is 60.9 Å². The SMILES string of the molecule is C=CC(=O)N1CCN(c2nc(OCCC(c3ccc(C(F)(F)F)c(N4CCc5c(nc(OC[C@@H]6CC(c7ccc(OC(F)(F)F)c(N8CCc9c(nc(OC[C@@H]%10CCCN%10C)nc9N9CCN(C(=O)C=C)C(CC#N)C9)C8)c7)CN6C)nc5N5CCN(C(=O)C=C)C(CC#N)C5)C4)c3)N3CCOCC3)nc3c2CCN(c2c(C)ccc4[nH]ccc24)C3)CC1. The number of H-pyrrole nitrogens is 1. The van der Waals surface area contributed by atoms with Gasteiger partial charge < -0.3 is 77.7 Å². The summed E-state index contributed by atoms with van der Waals surface area (Å²) in [6.07, 6.45) is -0.105. The Kier molecular flexibility index (Phi) is 25.2. The first-order valence-corrected chi connectivity index (χ1v) is 42.4. The number of morpholine rings is 1. The Morgan fingerprint density at radius 1 is 0.585 bits per heavy atom. The second-order valence-corrected chi connectivity index (χ2v) is 33.1. The van der Waals surface area contributed by atoms with Crippen LogP contribution < -0.4 is 48.3 Å². The van der Waals surface area contributed by atoms with Crippen molar-refractivity contribution in [3.05, 3.63) is 155 Å². The Morgan fingerprint density at radius 3 is 1.72 bits per heavy atom. The van der Waals surface area contributed by atoms with Crippen LogP contribution >= 0.6 is 0 Å². The summed E-state index contributed by atoms with van der Waals surface area (Å²) in [7, 11) is 3.96. The van der Waals surface area contributed by atoms with Gasteiger partial charge in [0.2, 0.25) is 17.7 Å². The second kappa shape index (κ2) is 36.5. The van der Waals surface area contributed by atoms with Gasteiger partial charge in [-0.25, -0.2) is 0 Å². The first-order chi connectivity index (χ1) is 59.4. The summed E-state index contributed by atoms with van der Waals surface area (Å²) in [6.45, 7) is 22.1. The number of carbonyl (C=O) groups excluding carboxylic acids is 3. The van der Waals surface area contributed by atoms with E-state index in [0.717, 1.165) is 75.8 Å². The number of aryl methyl sites for hydroxylation is 1. The van der Waals surface area contributed by atoms with E-state index in [1.165, 1.54) is 24.3 Å². The summed E-state index contributed by atoms with van der Waals surface area (Å²) >= 11 is 0. The number of benzene rings is 3. The molecular weight excluding hydrogens is 1590 g/mol. The highest BCUT2D eigenvalue weighted by Crippen LogP contribution is 2.46. The summed E-state index contributed by atoms with van der Waals surface area (Å²) < 4.78 is 122. The van der Waals surface area contributed by atoms with Gasteiger partial charge in [0.25, 0.3) is 0 Å². The molecule has 29 nitrogen and oxygen atoms in total. The number of amides is 3. The molecule has 35 heteroatoms. The molecule has 0 aliphatic carbocycles. The average Bonchev–Trinajstić information content (AvgIpc) is 1.35. The number of fused-ring (bicyclic) bond motifs is 4. The van der Waals surface area contributed by atoms with Crippen molar-refractivity contribution in [3.8, 4) is 35.9 Å². The molecule has 4 unspecified atom stereocenters. The molecule has 3 aromatic carbocycles. The largest absolute Gasteiger partial charge is 0.573 e. The zero-order valence-electron chi connectivity index (χ0n) is 69.6. The van der Waals surface area contributed by atoms with E-state index < -0.39 is 42.0 Å². The second-order valence-electron chi connectivity index (χ2n) is 33.1. The highest BCUT2D eigenvalue weighted by Gasteiger charge is 2.43. The standard InChI is InChI=1S/C88H103F6N21O8/c1-7-77(116)107-32-34-108(35-33-107)81-65-23-31-111(80-56(4)12-16-69-64(80)20-27-97-69)53-72(65)98-84(101-81)120-42-24-73(106-40-43-119-44-41-106)58-13-15-68(87(89,90)91)74(47-58)109-29-21-66-70(51-109)99-86(103-82(66)112-36-38-114(78(117)8-2)60(49-112)18-25-95)122-55-63-45-59(48-105(63)6)57-14-17-76(123-88(92,93)94)75(46-57)110-30-22-67-71(52-110)100-85(121-54-62-11-10-28-104(62)5)102-83(67)113-37-39-115(79(118)9-3)61(50-113)19-26-96/h7-9,12-17,20,27,46-47,59-63,73,97H,1-3,10-11,18-19,21-24,28-45,48-55H2,4-6H3/t59?,60?,61?,62-,63-,73?/m0/s1. The van der Waals surface area contributed by atoms with Crippen molar-refractivity contribution < 1.29 is 64.4 Å². The lowest BCUT2D eigenvalue weighted by Gasteiger charge is -2.42. The van der Waals surface area contributed by atoms with Crippen LogP contribution in [0.1, 0.15) is 107 Å². The number of aromatic amines is 1. The number of rotatable bonds is 25. The highest BCUT2D eigenvalue weighted by atomic mass is 19.4. The van der Waals surface area contributed by atoms with Crippen molar-refractivity contribution in [1.82, 2.24) is 64.3 Å². The van der Waals surface area contributed by atoms with E-state index in [2.05, 4.69) is 86.5 Å². The van der Waals surface area contributed by atoms with Crippen molar-refractivity contribution in [2.75, 3.05) is 188 Å². The lowest BCUT2D eigenvalue weighted by Crippen LogP contribution is -2.55. The van der Waals surface area contributed by atoms with E-state index in [0.29, 0.717) is 165 Å². The van der Waals surface area contributed by atoms with E-state index in [9.17, 15) is 38.1 Å². The highest BCUT2D eigenvalue weighted by molar-refractivity contribution is 5.94. The molecule has 6 saturated heterocycles. The van der Waals surface area contributed by atoms with Crippen LogP contribution in [-0.4, -0.2) is 271 Å². The third-order valence-electron chi connectivity index (χ3n) is 25.8. The van der Waals surface area contributed by atoms with Crippen molar-refractivity contribution >= 4 is 63.1 Å². The molecule has 9 aliphatic rings. The maximum Gasteiger partial charge on any atom is 0.573 e. The summed E-state index contributed by atoms with van der Waals surface area (Å²) in [5, 5.41) is 21.1. The molecule has 0 bridgehead atoms. The predicted molar refractivity (Wildman–Crippen MR) is 449 cm³/mol. The molecule has 4 aromatic heterocycles. The number of hydrogen-bond donors (Lipinski definition) is 1. The smallest absolute Gasteiger partial charge is 0.463 e. The minimum atomic E-state index is -5.04. The number of nitrogens with one attached hydrogen (secondary N) is 1. The molecule has 6 fully saturated rings. The fraction of sp³-hybridized carbons (Fsp3) is 0.511. The van der Waals surface area contributed by atoms with Crippen LogP contribution in [0.2, 0.25) is 0 Å². The zero-order chi connectivity index (χ0) is 86.0. The molecular formula is C88H103F6N21O8. The predicted octanol–water partition coefficient (Wildman–Crippen LogP) is 9.70.